The van der Waals surface area contributed by atoms with Crippen molar-refractivity contribution in [1.82, 2.24) is 10.2 Å². The SMILES string of the molecule is CCC(CC)C(C(=O)NC(CN)C1CC1)N1CCOCC1.Cl.Cl. The largest absolute Gasteiger partial charge is 0.379 e. The maximum atomic E-state index is 12.9. The Hall–Kier alpha value is -0.0700. The van der Waals surface area contributed by atoms with Gasteiger partial charge in [0.15, 0.2) is 0 Å². The molecule has 2 rings (SSSR count). The maximum Gasteiger partial charge on any atom is 0.237 e. The lowest BCUT2D eigenvalue weighted by Gasteiger charge is -2.38. The lowest BCUT2D eigenvalue weighted by Crippen LogP contribution is -2.57. The number of nitrogens with one attached hydrogen (secondary N) is 1. The molecule has 138 valence electrons. The predicted molar refractivity (Wildman–Crippen MR) is 98.5 cm³/mol. The Bertz CT molecular complexity index is 333. The fourth-order valence-corrected chi connectivity index (χ4v) is 3.40. The fourth-order valence-electron chi connectivity index (χ4n) is 3.40. The van der Waals surface area contributed by atoms with E-state index < -0.39 is 0 Å². The lowest BCUT2D eigenvalue weighted by atomic mass is 9.91. The topological polar surface area (TPSA) is 67.6 Å². The second-order valence-corrected chi connectivity index (χ2v) is 6.36. The van der Waals surface area contributed by atoms with Gasteiger partial charge in [-0.2, -0.15) is 0 Å². The van der Waals surface area contributed by atoms with E-state index in [4.69, 9.17) is 10.5 Å². The molecule has 3 N–H and O–H groups in total. The van der Waals surface area contributed by atoms with Gasteiger partial charge in [-0.25, -0.2) is 0 Å². The molecule has 1 aliphatic carbocycles. The lowest BCUT2D eigenvalue weighted by molar-refractivity contribution is -0.131. The van der Waals surface area contributed by atoms with Crippen LogP contribution in [0.4, 0.5) is 0 Å². The molecule has 0 spiro atoms. The van der Waals surface area contributed by atoms with Gasteiger partial charge < -0.3 is 15.8 Å². The highest BCUT2D eigenvalue weighted by Gasteiger charge is 2.37. The smallest absolute Gasteiger partial charge is 0.237 e. The number of carbonyl (C=O) groups excluding carboxylic acids is 1. The fraction of sp³-hybridized carbons (Fsp3) is 0.938. The summed E-state index contributed by atoms with van der Waals surface area (Å²) in [6.45, 7) is 8.07. The second kappa shape index (κ2) is 11.5. The zero-order chi connectivity index (χ0) is 15.2. The molecule has 1 aliphatic heterocycles. The Morgan fingerprint density at radius 2 is 1.78 bits per heavy atom. The molecule has 2 atom stereocenters. The zero-order valence-electron chi connectivity index (χ0n) is 14.3. The minimum Gasteiger partial charge on any atom is -0.379 e. The van der Waals surface area contributed by atoms with Crippen LogP contribution in [0.3, 0.4) is 0 Å². The van der Waals surface area contributed by atoms with Crippen LogP contribution in [0.1, 0.15) is 39.5 Å². The standard InChI is InChI=1S/C16H31N3O2.2ClH/c1-3-12(4-2)15(19-7-9-21-10-8-19)16(20)18-14(11-17)13-5-6-13;;/h12-15H,3-11,17H2,1-2H3,(H,18,20);2*1H. The highest BCUT2D eigenvalue weighted by Crippen LogP contribution is 2.32. The summed E-state index contributed by atoms with van der Waals surface area (Å²) in [5.74, 6) is 1.18. The van der Waals surface area contributed by atoms with Crippen molar-refractivity contribution in [2.24, 2.45) is 17.6 Å². The summed E-state index contributed by atoms with van der Waals surface area (Å²) in [6.07, 6.45) is 4.47. The summed E-state index contributed by atoms with van der Waals surface area (Å²) in [5, 5.41) is 3.23. The molecule has 1 saturated carbocycles. The first-order valence-corrected chi connectivity index (χ1v) is 8.53. The molecule has 0 bridgehead atoms. The average molecular weight is 370 g/mol. The number of carbonyl (C=O) groups is 1. The van der Waals surface area contributed by atoms with Gasteiger partial charge in [-0.3, -0.25) is 9.69 Å². The highest BCUT2D eigenvalue weighted by atomic mass is 35.5. The van der Waals surface area contributed by atoms with Crippen LogP contribution >= 0.6 is 24.8 Å². The van der Waals surface area contributed by atoms with Crippen molar-refractivity contribution in [1.29, 1.82) is 0 Å². The van der Waals surface area contributed by atoms with E-state index in [1.165, 1.54) is 12.8 Å². The Labute approximate surface area is 152 Å². The van der Waals surface area contributed by atoms with Crippen LogP contribution in [0.5, 0.6) is 0 Å². The average Bonchev–Trinajstić information content (AvgIpc) is 3.35. The van der Waals surface area contributed by atoms with Gasteiger partial charge >= 0.3 is 0 Å². The van der Waals surface area contributed by atoms with Gasteiger partial charge in [0.2, 0.25) is 5.91 Å². The van der Waals surface area contributed by atoms with E-state index in [1.807, 2.05) is 0 Å². The first kappa shape index (κ1) is 22.9. The molecule has 1 heterocycles. The molecule has 0 aromatic heterocycles. The van der Waals surface area contributed by atoms with Crippen molar-refractivity contribution in [3.8, 4) is 0 Å². The molecule has 7 heteroatoms. The third-order valence-electron chi connectivity index (χ3n) is 4.98. The van der Waals surface area contributed by atoms with E-state index in [9.17, 15) is 4.79 Å². The van der Waals surface area contributed by atoms with Crippen LogP contribution in [-0.2, 0) is 9.53 Å². The minimum atomic E-state index is -0.0308. The summed E-state index contributed by atoms with van der Waals surface area (Å²) in [5.41, 5.74) is 5.83. The van der Waals surface area contributed by atoms with Crippen LogP contribution in [0, 0.1) is 11.8 Å². The van der Waals surface area contributed by atoms with Crippen LogP contribution < -0.4 is 11.1 Å². The number of hydrogen-bond acceptors (Lipinski definition) is 4. The van der Waals surface area contributed by atoms with Crippen molar-refractivity contribution >= 4 is 30.7 Å². The molecule has 2 aliphatic rings. The molecule has 23 heavy (non-hydrogen) atoms. The Kier molecular flexibility index (Phi) is 11.4. The third kappa shape index (κ3) is 6.39. The Balaban J connectivity index is 0.00000242. The molecule has 1 saturated heterocycles. The predicted octanol–water partition coefficient (Wildman–Crippen LogP) is 1.82. The molecular formula is C16H33Cl2N3O2. The Morgan fingerprint density at radius 3 is 2.22 bits per heavy atom. The minimum absolute atomic E-state index is 0. The molecule has 0 aromatic rings. The quantitative estimate of drug-likeness (QED) is 0.684. The second-order valence-electron chi connectivity index (χ2n) is 6.36. The maximum absolute atomic E-state index is 12.9. The van der Waals surface area contributed by atoms with E-state index in [0.717, 1.165) is 39.1 Å². The molecule has 2 fully saturated rings. The zero-order valence-corrected chi connectivity index (χ0v) is 16.0. The Morgan fingerprint density at radius 1 is 1.22 bits per heavy atom. The monoisotopic (exact) mass is 369 g/mol. The van der Waals surface area contributed by atoms with Gasteiger partial charge in [-0.05, 0) is 24.7 Å². The molecule has 2 unspecified atom stereocenters. The van der Waals surface area contributed by atoms with Crippen LogP contribution in [0.25, 0.3) is 0 Å². The van der Waals surface area contributed by atoms with Gasteiger partial charge in [0.05, 0.1) is 19.3 Å². The van der Waals surface area contributed by atoms with Crippen molar-refractivity contribution in [3.05, 3.63) is 0 Å². The molecule has 1 amide bonds. The normalized spacial score (nSPS) is 21.0. The molecule has 0 aromatic carbocycles. The third-order valence-corrected chi connectivity index (χ3v) is 4.98. The van der Waals surface area contributed by atoms with Gasteiger partial charge in [0, 0.05) is 25.7 Å². The van der Waals surface area contributed by atoms with Gasteiger partial charge in [-0.15, -0.1) is 24.8 Å². The summed E-state index contributed by atoms with van der Waals surface area (Å²) in [6, 6.07) is 0.132. The number of nitrogens with two attached hydrogens (primary N) is 1. The summed E-state index contributed by atoms with van der Waals surface area (Å²) >= 11 is 0. The summed E-state index contributed by atoms with van der Waals surface area (Å²) in [7, 11) is 0. The first-order chi connectivity index (χ1) is 10.2. The number of rotatable bonds is 8. The summed E-state index contributed by atoms with van der Waals surface area (Å²) < 4.78 is 5.43. The number of ether oxygens (including phenoxy) is 1. The van der Waals surface area contributed by atoms with Crippen molar-refractivity contribution in [3.63, 3.8) is 0 Å². The molecule has 5 nitrogen and oxygen atoms in total. The van der Waals surface area contributed by atoms with E-state index in [0.29, 0.717) is 18.4 Å². The number of hydrogen-bond donors (Lipinski definition) is 2. The van der Waals surface area contributed by atoms with Gasteiger partial charge in [-0.1, -0.05) is 26.7 Å². The van der Waals surface area contributed by atoms with E-state index in [-0.39, 0.29) is 42.8 Å². The number of amides is 1. The molecular weight excluding hydrogens is 337 g/mol. The van der Waals surface area contributed by atoms with Crippen LogP contribution in [-0.4, -0.2) is 55.7 Å². The van der Waals surface area contributed by atoms with E-state index in [1.54, 1.807) is 0 Å². The van der Waals surface area contributed by atoms with Gasteiger partial charge in [0.1, 0.15) is 0 Å². The van der Waals surface area contributed by atoms with E-state index in [2.05, 4.69) is 24.1 Å². The first-order valence-electron chi connectivity index (χ1n) is 8.53. The van der Waals surface area contributed by atoms with E-state index >= 15 is 0 Å². The van der Waals surface area contributed by atoms with Crippen LogP contribution in [0.15, 0.2) is 0 Å². The van der Waals surface area contributed by atoms with Crippen molar-refractivity contribution in [2.75, 3.05) is 32.8 Å². The number of morpholine rings is 1. The van der Waals surface area contributed by atoms with Gasteiger partial charge in [0.25, 0.3) is 0 Å². The molecule has 0 radical (unpaired) electrons. The van der Waals surface area contributed by atoms with Crippen LogP contribution in [0.2, 0.25) is 0 Å². The van der Waals surface area contributed by atoms with Crippen molar-refractivity contribution in [2.45, 2.75) is 51.6 Å². The highest BCUT2D eigenvalue weighted by molar-refractivity contribution is 5.85. The van der Waals surface area contributed by atoms with Crippen molar-refractivity contribution < 1.29 is 9.53 Å². The number of nitrogens with zero attached hydrogens (tertiary/aromatic N) is 1. The summed E-state index contributed by atoms with van der Waals surface area (Å²) in [4.78, 5) is 15.2. The number of halogens is 2.